The van der Waals surface area contributed by atoms with Crippen molar-refractivity contribution in [1.29, 1.82) is 0 Å². The van der Waals surface area contributed by atoms with Crippen LogP contribution < -0.4 is 0 Å². The highest BCUT2D eigenvalue weighted by Crippen LogP contribution is 2.13. The van der Waals surface area contributed by atoms with Crippen LogP contribution in [0.4, 0.5) is 0 Å². The first-order valence-electron chi connectivity index (χ1n) is 5.59. The molecule has 0 amide bonds. The van der Waals surface area contributed by atoms with Crippen molar-refractivity contribution >= 4 is 33.8 Å². The molecule has 1 aromatic rings. The topological polar surface area (TPSA) is 78.9 Å². The Morgan fingerprint density at radius 1 is 1.10 bits per heavy atom. The summed E-state index contributed by atoms with van der Waals surface area (Å²) in [7, 11) is 2.31. The van der Waals surface area contributed by atoms with Gasteiger partial charge in [0, 0.05) is 4.47 Å². The molecule has 0 radical (unpaired) electrons. The maximum Gasteiger partial charge on any atom is 0.347 e. The van der Waals surface area contributed by atoms with Gasteiger partial charge in [0.1, 0.15) is 0 Å². The van der Waals surface area contributed by atoms with Crippen molar-refractivity contribution in [3.8, 4) is 0 Å². The maximum atomic E-state index is 11.9. The van der Waals surface area contributed by atoms with Crippen molar-refractivity contribution in [1.82, 2.24) is 0 Å². The molecule has 0 heterocycles. The summed E-state index contributed by atoms with van der Waals surface area (Å²) in [6.45, 7) is 0. The Morgan fingerprint density at radius 3 is 2.20 bits per heavy atom. The molecule has 0 fully saturated rings. The minimum atomic E-state index is -1.33. The van der Waals surface area contributed by atoms with E-state index in [-0.39, 0.29) is 5.56 Å². The van der Waals surface area contributed by atoms with E-state index in [2.05, 4.69) is 25.4 Å². The minimum absolute atomic E-state index is 0.256. The summed E-state index contributed by atoms with van der Waals surface area (Å²) >= 11 is 3.23. The van der Waals surface area contributed by atoms with Crippen LogP contribution in [-0.2, 0) is 23.8 Å². The first-order valence-corrected chi connectivity index (χ1v) is 6.38. The largest absolute Gasteiger partial charge is 0.469 e. The molecule has 0 aliphatic rings. The van der Waals surface area contributed by atoms with Crippen LogP contribution in [0.1, 0.15) is 16.8 Å². The lowest BCUT2D eigenvalue weighted by Gasteiger charge is -2.14. The zero-order chi connectivity index (χ0) is 15.1. The van der Waals surface area contributed by atoms with E-state index in [1.807, 2.05) is 0 Å². The van der Waals surface area contributed by atoms with Crippen molar-refractivity contribution in [2.75, 3.05) is 14.2 Å². The standard InChI is InChI=1S/C13H13BrO6/c1-18-11(15)7-10(13(17)19-2)20-12(16)8-3-5-9(14)6-4-8/h3-6,10H,7H2,1-2H3/t10-/m1/s1. The predicted octanol–water partition coefficient (Wildman–Crippen LogP) is 1.71. The van der Waals surface area contributed by atoms with E-state index in [0.29, 0.717) is 0 Å². The minimum Gasteiger partial charge on any atom is -0.469 e. The molecule has 0 bridgehead atoms. The Kier molecular flexibility index (Phi) is 6.17. The molecule has 0 aromatic heterocycles. The van der Waals surface area contributed by atoms with Crippen molar-refractivity contribution < 1.29 is 28.6 Å². The zero-order valence-electron chi connectivity index (χ0n) is 10.9. The number of benzene rings is 1. The molecule has 1 aromatic carbocycles. The van der Waals surface area contributed by atoms with Crippen LogP contribution in [0.3, 0.4) is 0 Å². The second-order valence-electron chi connectivity index (χ2n) is 3.70. The van der Waals surface area contributed by atoms with Crippen molar-refractivity contribution in [3.05, 3.63) is 34.3 Å². The molecule has 108 valence electrons. The molecule has 0 saturated carbocycles. The Hall–Kier alpha value is -1.89. The van der Waals surface area contributed by atoms with E-state index < -0.39 is 30.4 Å². The van der Waals surface area contributed by atoms with Gasteiger partial charge < -0.3 is 14.2 Å². The molecule has 0 N–H and O–H groups in total. The summed E-state index contributed by atoms with van der Waals surface area (Å²) in [6, 6.07) is 6.37. The van der Waals surface area contributed by atoms with Gasteiger partial charge in [-0.25, -0.2) is 9.59 Å². The van der Waals surface area contributed by atoms with Gasteiger partial charge in [-0.2, -0.15) is 0 Å². The number of rotatable bonds is 5. The van der Waals surface area contributed by atoms with Gasteiger partial charge in [-0.1, -0.05) is 15.9 Å². The molecule has 6 nitrogen and oxygen atoms in total. The molecule has 0 spiro atoms. The zero-order valence-corrected chi connectivity index (χ0v) is 12.5. The summed E-state index contributed by atoms with van der Waals surface area (Å²) in [5.41, 5.74) is 0.256. The van der Waals surface area contributed by atoms with Gasteiger partial charge in [0.05, 0.1) is 26.2 Å². The van der Waals surface area contributed by atoms with Gasteiger partial charge in [0.2, 0.25) is 6.10 Å². The Bertz CT molecular complexity index is 496. The van der Waals surface area contributed by atoms with Crippen LogP contribution in [0, 0.1) is 0 Å². The Morgan fingerprint density at radius 2 is 1.70 bits per heavy atom. The van der Waals surface area contributed by atoms with Crippen LogP contribution in [-0.4, -0.2) is 38.2 Å². The van der Waals surface area contributed by atoms with Gasteiger partial charge in [-0.05, 0) is 24.3 Å². The van der Waals surface area contributed by atoms with E-state index in [1.54, 1.807) is 12.1 Å². The highest BCUT2D eigenvalue weighted by molar-refractivity contribution is 9.10. The van der Waals surface area contributed by atoms with Gasteiger partial charge in [0.25, 0.3) is 0 Å². The van der Waals surface area contributed by atoms with Crippen LogP contribution in [0.25, 0.3) is 0 Å². The monoisotopic (exact) mass is 344 g/mol. The molecule has 0 saturated heterocycles. The van der Waals surface area contributed by atoms with Gasteiger partial charge in [-0.15, -0.1) is 0 Å². The third-order valence-corrected chi connectivity index (χ3v) is 2.90. The fourth-order valence-corrected chi connectivity index (χ4v) is 1.59. The quantitative estimate of drug-likeness (QED) is 0.597. The van der Waals surface area contributed by atoms with E-state index in [1.165, 1.54) is 19.2 Å². The van der Waals surface area contributed by atoms with Crippen LogP contribution in [0.15, 0.2) is 28.7 Å². The van der Waals surface area contributed by atoms with Crippen molar-refractivity contribution in [2.24, 2.45) is 0 Å². The molecule has 1 atom stereocenters. The van der Waals surface area contributed by atoms with E-state index >= 15 is 0 Å². The highest BCUT2D eigenvalue weighted by atomic mass is 79.9. The predicted molar refractivity (Wildman–Crippen MR) is 72.0 cm³/mol. The summed E-state index contributed by atoms with van der Waals surface area (Å²) in [6.07, 6.45) is -1.73. The van der Waals surface area contributed by atoms with Gasteiger partial charge in [0.15, 0.2) is 0 Å². The van der Waals surface area contributed by atoms with Crippen LogP contribution >= 0.6 is 15.9 Å². The fraction of sp³-hybridized carbons (Fsp3) is 0.308. The second-order valence-corrected chi connectivity index (χ2v) is 4.62. The number of halogens is 1. The summed E-state index contributed by atoms with van der Waals surface area (Å²) in [5.74, 6) is -2.22. The summed E-state index contributed by atoms with van der Waals surface area (Å²) in [5, 5.41) is 0. The Labute approximate surface area is 124 Å². The molecular weight excluding hydrogens is 332 g/mol. The molecule has 0 aliphatic carbocycles. The molecule has 0 unspecified atom stereocenters. The normalized spacial score (nSPS) is 11.3. The second kappa shape index (κ2) is 7.64. The van der Waals surface area contributed by atoms with Gasteiger partial charge >= 0.3 is 17.9 Å². The first kappa shape index (κ1) is 16.2. The number of carbonyl (C=O) groups is 3. The smallest absolute Gasteiger partial charge is 0.347 e. The third kappa shape index (κ3) is 4.65. The molecule has 7 heteroatoms. The lowest BCUT2D eigenvalue weighted by atomic mass is 10.2. The fourth-order valence-electron chi connectivity index (χ4n) is 1.32. The molecule has 1 rings (SSSR count). The van der Waals surface area contributed by atoms with Crippen molar-refractivity contribution in [2.45, 2.75) is 12.5 Å². The van der Waals surface area contributed by atoms with Crippen molar-refractivity contribution in [3.63, 3.8) is 0 Å². The van der Waals surface area contributed by atoms with E-state index in [9.17, 15) is 14.4 Å². The number of esters is 3. The van der Waals surface area contributed by atoms with Crippen LogP contribution in [0.2, 0.25) is 0 Å². The number of ether oxygens (including phenoxy) is 3. The average molecular weight is 345 g/mol. The number of hydrogen-bond donors (Lipinski definition) is 0. The first-order chi connectivity index (χ1) is 9.47. The number of carbonyl (C=O) groups excluding carboxylic acids is 3. The summed E-state index contributed by atoms with van der Waals surface area (Å²) in [4.78, 5) is 34.5. The van der Waals surface area contributed by atoms with Crippen LogP contribution in [0.5, 0.6) is 0 Å². The Balaban J connectivity index is 2.78. The summed E-state index contributed by atoms with van der Waals surface area (Å²) < 4.78 is 14.7. The molecular formula is C13H13BrO6. The average Bonchev–Trinajstić information content (AvgIpc) is 2.46. The molecule has 20 heavy (non-hydrogen) atoms. The molecule has 0 aliphatic heterocycles. The third-order valence-electron chi connectivity index (χ3n) is 2.37. The number of methoxy groups -OCH3 is 2. The van der Waals surface area contributed by atoms with E-state index in [4.69, 9.17) is 4.74 Å². The highest BCUT2D eigenvalue weighted by Gasteiger charge is 2.27. The van der Waals surface area contributed by atoms with Gasteiger partial charge in [-0.3, -0.25) is 4.79 Å². The number of hydrogen-bond acceptors (Lipinski definition) is 6. The maximum absolute atomic E-state index is 11.9. The lowest BCUT2D eigenvalue weighted by molar-refractivity contribution is -0.157. The van der Waals surface area contributed by atoms with E-state index in [0.717, 1.165) is 11.6 Å². The SMILES string of the molecule is COC(=O)C[C@@H](OC(=O)c1ccc(Br)cc1)C(=O)OC. The lowest BCUT2D eigenvalue weighted by Crippen LogP contribution is -2.31.